The van der Waals surface area contributed by atoms with Crippen LogP contribution in [0.4, 0.5) is 0 Å². The number of rotatable bonds is 5. The fourth-order valence-corrected chi connectivity index (χ4v) is 2.28. The number of benzene rings is 2. The number of carbonyl (C=O) groups is 1. The largest absolute Gasteiger partial charge is 0.496 e. The average molecular weight is 289 g/mol. The van der Waals surface area contributed by atoms with Crippen molar-refractivity contribution >= 4 is 17.4 Å². The van der Waals surface area contributed by atoms with Crippen LogP contribution in [0.5, 0.6) is 5.75 Å². The second-order valence-corrected chi connectivity index (χ2v) is 5.06. The van der Waals surface area contributed by atoms with Crippen LogP contribution in [0, 0.1) is 0 Å². The molecular formula is C17H17ClO2. The number of ketones is 1. The number of methoxy groups -OCH3 is 1. The summed E-state index contributed by atoms with van der Waals surface area (Å²) in [7, 11) is 1.53. The predicted octanol–water partition coefficient (Wildman–Crippen LogP) is 4.53. The van der Waals surface area contributed by atoms with E-state index in [0.29, 0.717) is 21.9 Å². The van der Waals surface area contributed by atoms with Crippen molar-refractivity contribution in [3.05, 3.63) is 64.2 Å². The van der Waals surface area contributed by atoms with Crippen LogP contribution in [0.3, 0.4) is 0 Å². The van der Waals surface area contributed by atoms with E-state index in [0.717, 1.165) is 12.8 Å². The molecule has 2 rings (SSSR count). The van der Waals surface area contributed by atoms with Crippen molar-refractivity contribution < 1.29 is 9.53 Å². The Bertz CT molecular complexity index is 603. The zero-order valence-corrected chi connectivity index (χ0v) is 12.4. The van der Waals surface area contributed by atoms with Crippen LogP contribution in [0.2, 0.25) is 5.02 Å². The fraction of sp³-hybridized carbons (Fsp3) is 0.235. The minimum Gasteiger partial charge on any atom is -0.496 e. The number of aryl methyl sites for hydroxylation is 1. The lowest BCUT2D eigenvalue weighted by Gasteiger charge is -2.08. The number of halogens is 1. The second-order valence-electron chi connectivity index (χ2n) is 4.62. The smallest absolute Gasteiger partial charge is 0.196 e. The molecule has 2 aromatic rings. The minimum absolute atomic E-state index is 0.0541. The molecule has 20 heavy (non-hydrogen) atoms. The maximum absolute atomic E-state index is 12.5. The van der Waals surface area contributed by atoms with Gasteiger partial charge in [-0.1, -0.05) is 49.2 Å². The fourth-order valence-electron chi connectivity index (χ4n) is 2.12. The molecule has 0 aliphatic rings. The van der Waals surface area contributed by atoms with Crippen LogP contribution in [-0.2, 0) is 6.42 Å². The minimum atomic E-state index is -0.0541. The SMILES string of the molecule is CCCc1ccc(C(=O)c2ccc(Cl)cc2OC)cc1. The lowest BCUT2D eigenvalue weighted by atomic mass is 10.00. The summed E-state index contributed by atoms with van der Waals surface area (Å²) in [6.45, 7) is 2.14. The van der Waals surface area contributed by atoms with Crippen molar-refractivity contribution in [2.45, 2.75) is 19.8 Å². The van der Waals surface area contributed by atoms with E-state index in [4.69, 9.17) is 16.3 Å². The maximum atomic E-state index is 12.5. The monoisotopic (exact) mass is 288 g/mol. The third kappa shape index (κ3) is 3.20. The molecule has 0 saturated carbocycles. The Morgan fingerprint density at radius 2 is 1.85 bits per heavy atom. The van der Waals surface area contributed by atoms with Crippen LogP contribution in [0.1, 0.15) is 34.8 Å². The molecule has 0 atom stereocenters. The highest BCUT2D eigenvalue weighted by atomic mass is 35.5. The standard InChI is InChI=1S/C17H17ClO2/c1-3-4-12-5-7-13(8-6-12)17(19)15-10-9-14(18)11-16(15)20-2/h5-11H,3-4H2,1-2H3. The van der Waals surface area contributed by atoms with Crippen molar-refractivity contribution in [1.29, 1.82) is 0 Å². The van der Waals surface area contributed by atoms with E-state index in [2.05, 4.69) is 6.92 Å². The highest BCUT2D eigenvalue weighted by molar-refractivity contribution is 6.31. The van der Waals surface area contributed by atoms with E-state index in [1.807, 2.05) is 24.3 Å². The van der Waals surface area contributed by atoms with Crippen molar-refractivity contribution in [3.8, 4) is 5.75 Å². The zero-order valence-electron chi connectivity index (χ0n) is 11.7. The van der Waals surface area contributed by atoms with E-state index < -0.39 is 0 Å². The number of carbonyl (C=O) groups excluding carboxylic acids is 1. The van der Waals surface area contributed by atoms with Gasteiger partial charge in [0, 0.05) is 10.6 Å². The molecule has 0 radical (unpaired) electrons. The van der Waals surface area contributed by atoms with Crippen LogP contribution in [0.25, 0.3) is 0 Å². The van der Waals surface area contributed by atoms with Gasteiger partial charge in [0.25, 0.3) is 0 Å². The molecule has 2 aromatic carbocycles. The molecule has 104 valence electrons. The zero-order chi connectivity index (χ0) is 14.5. The predicted molar refractivity (Wildman–Crippen MR) is 81.9 cm³/mol. The molecule has 0 saturated heterocycles. The van der Waals surface area contributed by atoms with Gasteiger partial charge in [-0.15, -0.1) is 0 Å². The lowest BCUT2D eigenvalue weighted by Crippen LogP contribution is -2.04. The van der Waals surface area contributed by atoms with Gasteiger partial charge in [-0.2, -0.15) is 0 Å². The van der Waals surface area contributed by atoms with Gasteiger partial charge >= 0.3 is 0 Å². The molecule has 0 fully saturated rings. The number of ether oxygens (including phenoxy) is 1. The summed E-state index contributed by atoms with van der Waals surface area (Å²) in [5, 5.41) is 0.552. The molecule has 0 aliphatic carbocycles. The molecule has 0 amide bonds. The molecule has 0 spiro atoms. The van der Waals surface area contributed by atoms with Crippen molar-refractivity contribution in [2.75, 3.05) is 7.11 Å². The van der Waals surface area contributed by atoms with Gasteiger partial charge in [-0.25, -0.2) is 0 Å². The molecule has 3 heteroatoms. The van der Waals surface area contributed by atoms with E-state index in [9.17, 15) is 4.79 Å². The first-order chi connectivity index (χ1) is 9.65. The molecule has 0 heterocycles. The normalized spacial score (nSPS) is 10.3. The summed E-state index contributed by atoms with van der Waals surface area (Å²) in [6, 6.07) is 12.8. The average Bonchev–Trinajstić information content (AvgIpc) is 2.47. The van der Waals surface area contributed by atoms with E-state index in [1.54, 1.807) is 18.2 Å². The van der Waals surface area contributed by atoms with Crippen molar-refractivity contribution in [1.82, 2.24) is 0 Å². The molecule has 0 N–H and O–H groups in total. The van der Waals surface area contributed by atoms with Crippen molar-refractivity contribution in [2.24, 2.45) is 0 Å². The third-order valence-electron chi connectivity index (χ3n) is 3.16. The van der Waals surface area contributed by atoms with Crippen molar-refractivity contribution in [3.63, 3.8) is 0 Å². The third-order valence-corrected chi connectivity index (χ3v) is 3.40. The first-order valence-corrected chi connectivity index (χ1v) is 7.00. The van der Waals surface area contributed by atoms with Crippen LogP contribution in [-0.4, -0.2) is 12.9 Å². The highest BCUT2D eigenvalue weighted by Gasteiger charge is 2.14. The summed E-state index contributed by atoms with van der Waals surface area (Å²) in [4.78, 5) is 12.5. The van der Waals surface area contributed by atoms with Gasteiger partial charge in [0.05, 0.1) is 12.7 Å². The molecule has 0 unspecified atom stereocenters. The van der Waals surface area contributed by atoms with Gasteiger partial charge in [0.15, 0.2) is 5.78 Å². The highest BCUT2D eigenvalue weighted by Crippen LogP contribution is 2.25. The Balaban J connectivity index is 2.31. The van der Waals surface area contributed by atoms with Crippen LogP contribution >= 0.6 is 11.6 Å². The summed E-state index contributed by atoms with van der Waals surface area (Å²) < 4.78 is 5.23. The maximum Gasteiger partial charge on any atom is 0.196 e. The van der Waals surface area contributed by atoms with Crippen LogP contribution in [0.15, 0.2) is 42.5 Å². The Morgan fingerprint density at radius 3 is 2.45 bits per heavy atom. The van der Waals surface area contributed by atoms with E-state index in [-0.39, 0.29) is 5.78 Å². The van der Waals surface area contributed by atoms with Gasteiger partial charge in [-0.3, -0.25) is 4.79 Å². The second kappa shape index (κ2) is 6.58. The lowest BCUT2D eigenvalue weighted by molar-refractivity contribution is 0.103. The Labute approximate surface area is 124 Å². The Morgan fingerprint density at radius 1 is 1.15 bits per heavy atom. The molecule has 0 bridgehead atoms. The van der Waals surface area contributed by atoms with E-state index >= 15 is 0 Å². The quantitative estimate of drug-likeness (QED) is 0.756. The topological polar surface area (TPSA) is 26.3 Å². The van der Waals surface area contributed by atoms with Gasteiger partial charge in [-0.05, 0) is 30.2 Å². The summed E-state index contributed by atoms with van der Waals surface area (Å²) in [5.41, 5.74) is 2.43. The molecule has 2 nitrogen and oxygen atoms in total. The van der Waals surface area contributed by atoms with Crippen LogP contribution < -0.4 is 4.74 Å². The summed E-state index contributed by atoms with van der Waals surface area (Å²) in [5.74, 6) is 0.446. The molecule has 0 aliphatic heterocycles. The molecule has 0 aromatic heterocycles. The Kier molecular flexibility index (Phi) is 4.80. The van der Waals surface area contributed by atoms with Gasteiger partial charge in [0.1, 0.15) is 5.75 Å². The first-order valence-electron chi connectivity index (χ1n) is 6.63. The number of hydrogen-bond donors (Lipinski definition) is 0. The Hall–Kier alpha value is -1.80. The molecular weight excluding hydrogens is 272 g/mol. The van der Waals surface area contributed by atoms with E-state index in [1.165, 1.54) is 12.7 Å². The first kappa shape index (κ1) is 14.6. The van der Waals surface area contributed by atoms with Gasteiger partial charge in [0.2, 0.25) is 0 Å². The number of hydrogen-bond acceptors (Lipinski definition) is 2. The summed E-state index contributed by atoms with van der Waals surface area (Å²) >= 11 is 5.91. The van der Waals surface area contributed by atoms with Gasteiger partial charge < -0.3 is 4.74 Å². The summed E-state index contributed by atoms with van der Waals surface area (Å²) in [6.07, 6.45) is 2.12.